The van der Waals surface area contributed by atoms with Crippen molar-refractivity contribution in [3.8, 4) is 5.75 Å². The fourth-order valence-corrected chi connectivity index (χ4v) is 10.9. The average molecular weight is 1060 g/mol. The van der Waals surface area contributed by atoms with Crippen LogP contribution >= 0.6 is 21.6 Å². The van der Waals surface area contributed by atoms with Gasteiger partial charge in [0.05, 0.1) is 13.0 Å². The number of carbonyl (C=O) groups excluding carboxylic acids is 11. The molecule has 25 heteroatoms. The molecule has 2 aliphatic heterocycles. The van der Waals surface area contributed by atoms with Crippen molar-refractivity contribution in [3.05, 3.63) is 29.8 Å². The summed E-state index contributed by atoms with van der Waals surface area (Å²) >= 11 is 0. The van der Waals surface area contributed by atoms with Crippen LogP contribution in [0.4, 0.5) is 0 Å². The van der Waals surface area contributed by atoms with Crippen molar-refractivity contribution in [1.29, 1.82) is 0 Å². The number of benzene rings is 1. The minimum atomic E-state index is -1.78. The summed E-state index contributed by atoms with van der Waals surface area (Å²) in [6.45, 7) is 15.5. The first kappa shape index (κ1) is 61.2. The topological polar surface area (TPSA) is 374 Å². The lowest BCUT2D eigenvalue weighted by molar-refractivity contribution is -0.144. The number of hydrogen-bond acceptors (Lipinski definition) is 14. The Morgan fingerprint density at radius 2 is 1.41 bits per heavy atom. The zero-order chi connectivity index (χ0) is 55.1. The van der Waals surface area contributed by atoms with Gasteiger partial charge in [-0.25, -0.2) is 0 Å². The van der Waals surface area contributed by atoms with Gasteiger partial charge in [0.1, 0.15) is 42.0 Å². The fraction of sp³-hybridized carbons (Fsp3) is 0.646. The predicted octanol–water partition coefficient (Wildman–Crippen LogP) is -0.395. The number of primary amides is 3. The first-order valence-electron chi connectivity index (χ1n) is 24.3. The van der Waals surface area contributed by atoms with Crippen molar-refractivity contribution in [2.24, 2.45) is 34.5 Å². The second-order valence-electron chi connectivity index (χ2n) is 20.8. The van der Waals surface area contributed by atoms with Gasteiger partial charge in [-0.15, -0.1) is 0 Å². The Labute approximate surface area is 434 Å². The summed E-state index contributed by atoms with van der Waals surface area (Å²) in [4.78, 5) is 152. The highest BCUT2D eigenvalue weighted by molar-refractivity contribution is 8.77. The van der Waals surface area contributed by atoms with Gasteiger partial charge in [0, 0.05) is 30.1 Å². The molecule has 73 heavy (non-hydrogen) atoms. The second kappa shape index (κ2) is 27.3. The van der Waals surface area contributed by atoms with E-state index in [1.54, 1.807) is 39.8 Å². The van der Waals surface area contributed by atoms with Gasteiger partial charge in [-0.05, 0) is 74.5 Å². The van der Waals surface area contributed by atoms with Crippen LogP contribution in [-0.4, -0.2) is 134 Å². The van der Waals surface area contributed by atoms with E-state index < -0.39 is 155 Å². The van der Waals surface area contributed by atoms with Crippen molar-refractivity contribution in [1.82, 2.24) is 42.1 Å². The minimum Gasteiger partial charge on any atom is -0.508 e. The third-order valence-corrected chi connectivity index (χ3v) is 15.8. The molecule has 0 bridgehead atoms. The molecule has 2 heterocycles. The Morgan fingerprint density at radius 3 is 1.97 bits per heavy atom. The van der Waals surface area contributed by atoms with Crippen LogP contribution in [0.1, 0.15) is 119 Å². The lowest BCUT2D eigenvalue weighted by Gasteiger charge is -2.40. The molecule has 2 unspecified atom stereocenters. The summed E-state index contributed by atoms with van der Waals surface area (Å²) < 4.78 is -1.08. The van der Waals surface area contributed by atoms with Crippen LogP contribution in [0.5, 0.6) is 5.75 Å². The van der Waals surface area contributed by atoms with E-state index in [2.05, 4.69) is 37.2 Å². The summed E-state index contributed by atoms with van der Waals surface area (Å²) in [6.07, 6.45) is -1.02. The van der Waals surface area contributed by atoms with Crippen LogP contribution in [0.25, 0.3) is 0 Å². The van der Waals surface area contributed by atoms with Gasteiger partial charge in [0.2, 0.25) is 59.1 Å². The molecule has 11 amide bonds. The Hall–Kier alpha value is -6.11. The zero-order valence-corrected chi connectivity index (χ0v) is 44.7. The van der Waals surface area contributed by atoms with Gasteiger partial charge in [0.25, 0.3) is 5.91 Å². The summed E-state index contributed by atoms with van der Waals surface area (Å²) in [5.74, 6) is -9.92. The number of amides is 11. The quantitative estimate of drug-likeness (QED) is 0.0886. The smallest absolute Gasteiger partial charge is 0.257 e. The minimum absolute atomic E-state index is 0.0400. The second-order valence-corrected chi connectivity index (χ2v) is 23.8. The Kier molecular flexibility index (Phi) is 22.8. The number of nitrogens with one attached hydrogen (secondary N) is 7. The van der Waals surface area contributed by atoms with Gasteiger partial charge >= 0.3 is 0 Å². The Bertz CT molecular complexity index is 2210. The molecule has 2 fully saturated rings. The summed E-state index contributed by atoms with van der Waals surface area (Å²) in [6, 6.07) is -2.98. The highest BCUT2D eigenvalue weighted by atomic mass is 33.1. The van der Waals surface area contributed by atoms with E-state index in [4.69, 9.17) is 17.2 Å². The first-order valence-corrected chi connectivity index (χ1v) is 26.5. The number of phenols is 1. The summed E-state index contributed by atoms with van der Waals surface area (Å²) in [5.41, 5.74) is 16.2. The van der Waals surface area contributed by atoms with E-state index in [1.165, 1.54) is 17.0 Å². The number of nitrogens with two attached hydrogens (primary N) is 3. The molecule has 9 atom stereocenters. The van der Waals surface area contributed by atoms with E-state index in [0.29, 0.717) is 18.4 Å². The van der Waals surface area contributed by atoms with Gasteiger partial charge in [-0.3, -0.25) is 52.7 Å². The number of aromatic hydroxyl groups is 1. The average Bonchev–Trinajstić information content (AvgIpc) is 3.75. The van der Waals surface area contributed by atoms with Crippen LogP contribution in [0, 0.1) is 17.3 Å². The Balaban J connectivity index is 2.21. The zero-order valence-electron chi connectivity index (χ0n) is 43.1. The number of nitrogens with zero attached hydrogens (tertiary/aromatic N) is 1. The van der Waals surface area contributed by atoms with Gasteiger partial charge in [-0.2, -0.15) is 0 Å². The maximum absolute atomic E-state index is 15.3. The van der Waals surface area contributed by atoms with E-state index in [-0.39, 0.29) is 37.4 Å². The standard InChI is InChI=1S/C48H75N11O12S2/c1-10-25(4)38-44(70)54-28(15-18-34(49)61)40(66)55-31(21-35(50)62)42(68)58-45(72-73-48(8,9)22-37(64)53-30(41(67)57-38)20-26-11-13-27(60)14-12-26)46(71)59-32(16-17-33(59)47(5,6)7)43(69)56-29(19-24(2)3)39(65)52-23-36(51)63/h11-14,24-25,28-33,38,45,60H,10,15-23H2,1-9H3,(H2,49,61)(H2,50,62)(H2,51,63)(H,52,65)(H,53,64)(H,54,70)(H,55,66)(H,56,69)(H,57,67)(H,58,68)/t25-,28-,29-,30-,31-,32?,33?,38-,45-/m0/s1. The van der Waals surface area contributed by atoms with Gasteiger partial charge in [-0.1, -0.05) is 88.6 Å². The highest BCUT2D eigenvalue weighted by Gasteiger charge is 2.49. The molecule has 3 rings (SSSR count). The van der Waals surface area contributed by atoms with Gasteiger partial charge < -0.3 is 64.4 Å². The molecule has 1 aromatic rings. The van der Waals surface area contributed by atoms with E-state index in [9.17, 15) is 53.1 Å². The molecule has 14 N–H and O–H groups in total. The largest absolute Gasteiger partial charge is 0.508 e. The van der Waals surface area contributed by atoms with Crippen LogP contribution < -0.4 is 54.4 Å². The normalized spacial score (nSPS) is 24.4. The predicted molar refractivity (Wildman–Crippen MR) is 274 cm³/mol. The molecule has 0 saturated carbocycles. The molecule has 0 aliphatic carbocycles. The number of likely N-dealkylation sites (tertiary alicyclic amines) is 1. The van der Waals surface area contributed by atoms with Crippen LogP contribution in [-0.2, 0) is 59.2 Å². The van der Waals surface area contributed by atoms with Crippen LogP contribution in [0.3, 0.4) is 0 Å². The molecule has 0 aromatic heterocycles. The first-order chi connectivity index (χ1) is 33.9. The highest BCUT2D eigenvalue weighted by Crippen LogP contribution is 2.43. The Morgan fingerprint density at radius 1 is 0.808 bits per heavy atom. The monoisotopic (exact) mass is 1060 g/mol. The maximum Gasteiger partial charge on any atom is 0.257 e. The van der Waals surface area contributed by atoms with Crippen LogP contribution in [0.2, 0.25) is 0 Å². The van der Waals surface area contributed by atoms with Gasteiger partial charge in [0.15, 0.2) is 5.37 Å². The summed E-state index contributed by atoms with van der Waals surface area (Å²) in [5, 5.41) is 26.6. The van der Waals surface area contributed by atoms with E-state index in [0.717, 1.165) is 21.6 Å². The van der Waals surface area contributed by atoms with Crippen molar-refractivity contribution in [2.75, 3.05) is 6.54 Å². The fourth-order valence-electron chi connectivity index (χ4n) is 8.36. The maximum atomic E-state index is 15.3. The molecule has 0 radical (unpaired) electrons. The van der Waals surface area contributed by atoms with Crippen molar-refractivity contribution in [2.45, 2.75) is 173 Å². The number of carbonyl (C=O) groups is 11. The number of phenolic OH excluding ortho intramolecular Hbond substituents is 1. The molecular formula is C48H75N11O12S2. The van der Waals surface area contributed by atoms with Crippen molar-refractivity contribution >= 4 is 86.6 Å². The van der Waals surface area contributed by atoms with Crippen LogP contribution in [0.15, 0.2) is 24.3 Å². The molecule has 1 aromatic carbocycles. The lowest BCUT2D eigenvalue weighted by Crippen LogP contribution is -2.61. The number of hydrogen-bond donors (Lipinski definition) is 11. The molecular weight excluding hydrogens is 987 g/mol. The molecule has 0 spiro atoms. The molecule has 406 valence electrons. The summed E-state index contributed by atoms with van der Waals surface area (Å²) in [7, 11) is 1.83. The third-order valence-electron chi connectivity index (χ3n) is 12.3. The van der Waals surface area contributed by atoms with E-state index in [1.807, 2.05) is 34.6 Å². The lowest BCUT2D eigenvalue weighted by atomic mass is 9.85. The van der Waals surface area contributed by atoms with Crippen molar-refractivity contribution in [3.63, 3.8) is 0 Å². The SMILES string of the molecule is CC[C@H](C)[C@@H]1NC(=O)[C@H](Cc2ccc(O)cc2)NC(=O)CC(C)(C)SS[C@@H](C(=O)N2C(C(=O)N[C@@H](CC(C)C)C(=O)NCC(N)=O)CCC2C(C)(C)C)NC(=O)[C@H](CC(N)=O)NC(=O)[C@H](CCC(N)=O)NC1=O. The molecule has 2 aliphatic rings. The number of rotatable bonds is 17. The third kappa shape index (κ3) is 19.4. The van der Waals surface area contributed by atoms with Crippen molar-refractivity contribution < 1.29 is 57.8 Å². The van der Waals surface area contributed by atoms with E-state index >= 15 is 4.79 Å². The molecule has 2 saturated heterocycles. The molecule has 23 nitrogen and oxygen atoms in total.